The lowest BCUT2D eigenvalue weighted by molar-refractivity contribution is -0.115. The van der Waals surface area contributed by atoms with Gasteiger partial charge in [-0.25, -0.2) is 8.78 Å². The third-order valence-electron chi connectivity index (χ3n) is 3.24. The van der Waals surface area contributed by atoms with E-state index in [0.717, 1.165) is 11.8 Å². The Labute approximate surface area is 114 Å². The van der Waals surface area contributed by atoms with Crippen LogP contribution in [-0.4, -0.2) is 12.5 Å². The number of para-hydroxylation sites is 1. The minimum Gasteiger partial charge on any atom is -0.337 e. The van der Waals surface area contributed by atoms with Gasteiger partial charge in [0.05, 0.1) is 5.69 Å². The molecule has 2 aromatic rings. The average molecular weight is 274 g/mol. The highest BCUT2D eigenvalue weighted by molar-refractivity contribution is 5.97. The van der Waals surface area contributed by atoms with Gasteiger partial charge < -0.3 is 10.2 Å². The van der Waals surface area contributed by atoms with Gasteiger partial charge in [0.25, 0.3) is 0 Å². The van der Waals surface area contributed by atoms with Crippen LogP contribution in [0.15, 0.2) is 42.5 Å². The van der Waals surface area contributed by atoms with E-state index in [1.54, 1.807) is 17.0 Å². The summed E-state index contributed by atoms with van der Waals surface area (Å²) < 4.78 is 27.7. The monoisotopic (exact) mass is 274 g/mol. The van der Waals surface area contributed by atoms with Crippen molar-refractivity contribution in [2.24, 2.45) is 0 Å². The SMILES string of the molecule is O=C1CCN(c2ccccc2)c2c(ccc(F)c2F)N1. The van der Waals surface area contributed by atoms with E-state index in [1.807, 2.05) is 18.2 Å². The maximum absolute atomic E-state index is 14.2. The first-order chi connectivity index (χ1) is 9.66. The zero-order chi connectivity index (χ0) is 14.1. The van der Waals surface area contributed by atoms with E-state index in [1.165, 1.54) is 6.07 Å². The molecular weight excluding hydrogens is 262 g/mol. The fourth-order valence-electron chi connectivity index (χ4n) is 2.31. The third kappa shape index (κ3) is 2.11. The highest BCUT2D eigenvalue weighted by atomic mass is 19.2. The number of hydrogen-bond acceptors (Lipinski definition) is 2. The van der Waals surface area contributed by atoms with E-state index < -0.39 is 11.6 Å². The van der Waals surface area contributed by atoms with Crippen LogP contribution in [0.4, 0.5) is 25.8 Å². The Bertz CT molecular complexity index is 658. The van der Waals surface area contributed by atoms with Crippen LogP contribution in [0.3, 0.4) is 0 Å². The number of benzene rings is 2. The number of carbonyl (C=O) groups excluding carboxylic acids is 1. The van der Waals surface area contributed by atoms with Gasteiger partial charge in [0.15, 0.2) is 11.6 Å². The molecule has 102 valence electrons. The molecule has 0 bridgehead atoms. The summed E-state index contributed by atoms with van der Waals surface area (Å²) in [6.07, 6.45) is 0.213. The van der Waals surface area contributed by atoms with Crippen LogP contribution in [0.25, 0.3) is 0 Å². The Morgan fingerprint density at radius 2 is 1.80 bits per heavy atom. The average Bonchev–Trinajstić information content (AvgIpc) is 2.63. The maximum atomic E-state index is 14.2. The molecule has 0 atom stereocenters. The highest BCUT2D eigenvalue weighted by Gasteiger charge is 2.25. The van der Waals surface area contributed by atoms with E-state index in [9.17, 15) is 13.6 Å². The summed E-state index contributed by atoms with van der Waals surface area (Å²) in [5.41, 5.74) is 1.08. The number of hydrogen-bond donors (Lipinski definition) is 1. The summed E-state index contributed by atoms with van der Waals surface area (Å²) in [7, 11) is 0. The van der Waals surface area contributed by atoms with Gasteiger partial charge in [0, 0.05) is 18.7 Å². The van der Waals surface area contributed by atoms with E-state index in [-0.39, 0.29) is 23.7 Å². The van der Waals surface area contributed by atoms with Crippen LogP contribution >= 0.6 is 0 Å². The molecule has 2 aromatic carbocycles. The normalized spacial score (nSPS) is 14.5. The van der Waals surface area contributed by atoms with Crippen molar-refractivity contribution in [1.29, 1.82) is 0 Å². The van der Waals surface area contributed by atoms with Gasteiger partial charge in [-0.1, -0.05) is 18.2 Å². The molecule has 0 radical (unpaired) electrons. The van der Waals surface area contributed by atoms with Crippen molar-refractivity contribution in [3.8, 4) is 0 Å². The second-order valence-corrected chi connectivity index (χ2v) is 4.54. The van der Waals surface area contributed by atoms with Crippen molar-refractivity contribution in [2.45, 2.75) is 6.42 Å². The number of carbonyl (C=O) groups is 1. The molecule has 0 spiro atoms. The van der Waals surface area contributed by atoms with E-state index >= 15 is 0 Å². The molecule has 1 heterocycles. The summed E-state index contributed by atoms with van der Waals surface area (Å²) in [4.78, 5) is 13.3. The van der Waals surface area contributed by atoms with Gasteiger partial charge >= 0.3 is 0 Å². The Balaban J connectivity index is 2.18. The lowest BCUT2D eigenvalue weighted by Gasteiger charge is -2.24. The summed E-state index contributed by atoms with van der Waals surface area (Å²) >= 11 is 0. The second-order valence-electron chi connectivity index (χ2n) is 4.54. The minimum absolute atomic E-state index is 0.0713. The molecule has 0 saturated heterocycles. The summed E-state index contributed by atoms with van der Waals surface area (Å²) in [5, 5.41) is 2.60. The smallest absolute Gasteiger partial charge is 0.226 e. The molecule has 1 aliphatic heterocycles. The van der Waals surface area contributed by atoms with Crippen LogP contribution in [0, 0.1) is 11.6 Å². The summed E-state index contributed by atoms with van der Waals surface area (Å²) in [6, 6.07) is 11.5. The molecule has 0 fully saturated rings. The molecule has 1 N–H and O–H groups in total. The fraction of sp³-hybridized carbons (Fsp3) is 0.133. The van der Waals surface area contributed by atoms with Crippen molar-refractivity contribution in [3.63, 3.8) is 0 Å². The van der Waals surface area contributed by atoms with Crippen LogP contribution < -0.4 is 10.2 Å². The summed E-state index contributed by atoms with van der Waals surface area (Å²) in [6.45, 7) is 0.295. The second kappa shape index (κ2) is 4.92. The van der Waals surface area contributed by atoms with Crippen LogP contribution in [0.5, 0.6) is 0 Å². The quantitative estimate of drug-likeness (QED) is 0.864. The lowest BCUT2D eigenvalue weighted by atomic mass is 10.2. The van der Waals surface area contributed by atoms with Gasteiger partial charge in [0.1, 0.15) is 5.69 Å². The van der Waals surface area contributed by atoms with Gasteiger partial charge in [-0.05, 0) is 24.3 Å². The van der Waals surface area contributed by atoms with Crippen LogP contribution in [0.2, 0.25) is 0 Å². The molecule has 0 unspecified atom stereocenters. The van der Waals surface area contributed by atoms with Gasteiger partial charge in [-0.15, -0.1) is 0 Å². The number of nitrogens with zero attached hydrogens (tertiary/aromatic N) is 1. The molecule has 1 aliphatic rings. The number of halogens is 2. The van der Waals surface area contributed by atoms with E-state index in [2.05, 4.69) is 5.32 Å². The van der Waals surface area contributed by atoms with Crippen molar-refractivity contribution in [3.05, 3.63) is 54.1 Å². The minimum atomic E-state index is -0.950. The Hall–Kier alpha value is -2.43. The predicted molar refractivity (Wildman–Crippen MR) is 73.1 cm³/mol. The fourth-order valence-corrected chi connectivity index (χ4v) is 2.31. The molecule has 0 aromatic heterocycles. The van der Waals surface area contributed by atoms with E-state index in [4.69, 9.17) is 0 Å². The largest absolute Gasteiger partial charge is 0.337 e. The first-order valence-electron chi connectivity index (χ1n) is 6.27. The molecule has 3 nitrogen and oxygen atoms in total. The third-order valence-corrected chi connectivity index (χ3v) is 3.24. The highest BCUT2D eigenvalue weighted by Crippen LogP contribution is 2.37. The van der Waals surface area contributed by atoms with Gasteiger partial charge in [-0.2, -0.15) is 0 Å². The molecule has 3 rings (SSSR count). The standard InChI is InChI=1S/C15H12F2N2O/c16-11-6-7-12-15(14(11)17)19(9-8-13(20)18-12)10-4-2-1-3-5-10/h1-7H,8-9H2,(H,18,20). The number of rotatable bonds is 1. The number of nitrogens with one attached hydrogen (secondary N) is 1. The summed E-state index contributed by atoms with van der Waals surface area (Å²) in [5.74, 6) is -2.09. The number of anilines is 3. The topological polar surface area (TPSA) is 32.3 Å². The molecule has 0 saturated carbocycles. The van der Waals surface area contributed by atoms with Crippen molar-refractivity contribution in [2.75, 3.05) is 16.8 Å². The molecule has 20 heavy (non-hydrogen) atoms. The zero-order valence-electron chi connectivity index (χ0n) is 10.6. The maximum Gasteiger partial charge on any atom is 0.226 e. The Morgan fingerprint density at radius 3 is 2.55 bits per heavy atom. The zero-order valence-corrected chi connectivity index (χ0v) is 10.6. The molecule has 0 aliphatic carbocycles. The molecular formula is C15H12F2N2O. The number of amides is 1. The Morgan fingerprint density at radius 1 is 1.05 bits per heavy atom. The number of fused-ring (bicyclic) bond motifs is 1. The van der Waals surface area contributed by atoms with Gasteiger partial charge in [0.2, 0.25) is 5.91 Å². The van der Waals surface area contributed by atoms with Crippen molar-refractivity contribution in [1.82, 2.24) is 0 Å². The van der Waals surface area contributed by atoms with Crippen molar-refractivity contribution < 1.29 is 13.6 Å². The lowest BCUT2D eigenvalue weighted by Crippen LogP contribution is -2.20. The predicted octanol–water partition coefficient (Wildman–Crippen LogP) is 3.45. The van der Waals surface area contributed by atoms with E-state index in [0.29, 0.717) is 6.54 Å². The van der Waals surface area contributed by atoms with Crippen LogP contribution in [-0.2, 0) is 4.79 Å². The van der Waals surface area contributed by atoms with Crippen molar-refractivity contribution >= 4 is 23.0 Å². The molecule has 5 heteroatoms. The first kappa shape index (κ1) is 12.6. The van der Waals surface area contributed by atoms with Gasteiger partial charge in [-0.3, -0.25) is 4.79 Å². The first-order valence-corrected chi connectivity index (χ1v) is 6.27. The molecule has 1 amide bonds. The van der Waals surface area contributed by atoms with Crippen LogP contribution in [0.1, 0.15) is 6.42 Å². The Kier molecular flexibility index (Phi) is 3.10.